The minimum Gasteiger partial charge on any atom is -0.481 e. The van der Waals surface area contributed by atoms with Crippen LogP contribution >= 0.6 is 12.4 Å². The number of aliphatic carboxylic acids is 1. The molecule has 0 aliphatic carbocycles. The fourth-order valence-corrected chi connectivity index (χ4v) is 6.20. The number of halogens is 5. The van der Waals surface area contributed by atoms with Crippen LogP contribution in [0.1, 0.15) is 49.9 Å². The summed E-state index contributed by atoms with van der Waals surface area (Å²) in [5, 5.41) is 9.98. The number of ether oxygens (including phenoxy) is 1. The number of hydrogen-bond acceptors (Lipinski definition) is 5. The number of carboxylic acid groups (broad SMARTS) is 1. The Bertz CT molecular complexity index is 1470. The largest absolute Gasteiger partial charge is 0.573 e. The van der Waals surface area contributed by atoms with Gasteiger partial charge in [-0.3, -0.25) is 14.5 Å². The SMILES string of the molecule is CC1(C)CN(C(=O)CN2CCC(CC(=O)O)CC2)Cc2c1c1cccnc1n2Cc1ccc(OC(F)(F)F)c(F)c1.Cl. The van der Waals surface area contributed by atoms with Crippen LogP contribution in [-0.4, -0.2) is 68.9 Å². The molecule has 0 bridgehead atoms. The summed E-state index contributed by atoms with van der Waals surface area (Å²) in [6.07, 6.45) is -1.74. The van der Waals surface area contributed by atoms with Crippen molar-refractivity contribution in [3.05, 3.63) is 59.2 Å². The molecule has 1 N–H and O–H groups in total. The smallest absolute Gasteiger partial charge is 0.481 e. The van der Waals surface area contributed by atoms with Gasteiger partial charge in [-0.1, -0.05) is 19.9 Å². The van der Waals surface area contributed by atoms with Crippen molar-refractivity contribution in [3.63, 3.8) is 0 Å². The number of carboxylic acids is 1. The van der Waals surface area contributed by atoms with Gasteiger partial charge >= 0.3 is 12.3 Å². The third-order valence-corrected chi connectivity index (χ3v) is 7.97. The molecule has 2 aromatic heterocycles. The molecule has 2 aliphatic rings. The third-order valence-electron chi connectivity index (χ3n) is 7.97. The van der Waals surface area contributed by atoms with E-state index in [1.54, 1.807) is 6.20 Å². The van der Waals surface area contributed by atoms with Gasteiger partial charge in [-0.2, -0.15) is 0 Å². The van der Waals surface area contributed by atoms with Crippen LogP contribution in [0, 0.1) is 11.7 Å². The van der Waals surface area contributed by atoms with Gasteiger partial charge in [0.2, 0.25) is 5.91 Å². The first-order chi connectivity index (χ1) is 19.3. The standard InChI is InChI=1S/C29H32F4N4O4.ClH/c1-28(2)17-36(24(38)16-35-10-7-18(8-11-35)13-25(39)40)15-22-26(28)20-4-3-9-34-27(20)37(22)14-19-5-6-23(21(30)12-19)41-29(31,32)33;/h3-6,9,12,18H,7-8,10-11,13-17H2,1-2H3,(H,39,40);1H. The van der Waals surface area contributed by atoms with Crippen LogP contribution in [0.2, 0.25) is 0 Å². The summed E-state index contributed by atoms with van der Waals surface area (Å²) in [5.41, 5.74) is 2.53. The number of carbonyl (C=O) groups is 2. The van der Waals surface area contributed by atoms with Gasteiger partial charge in [-0.05, 0) is 67.2 Å². The quantitative estimate of drug-likeness (QED) is 0.362. The Hall–Kier alpha value is -3.38. The van der Waals surface area contributed by atoms with E-state index in [-0.39, 0.29) is 43.7 Å². The first-order valence-electron chi connectivity index (χ1n) is 13.5. The van der Waals surface area contributed by atoms with Gasteiger partial charge in [0.25, 0.3) is 0 Å². The Morgan fingerprint density at radius 1 is 1.17 bits per heavy atom. The zero-order chi connectivity index (χ0) is 29.5. The molecule has 0 spiro atoms. The lowest BCUT2D eigenvalue weighted by Gasteiger charge is -2.40. The molecule has 0 saturated carbocycles. The first-order valence-corrected chi connectivity index (χ1v) is 13.5. The molecule has 3 aromatic rings. The minimum absolute atomic E-state index is 0. The van der Waals surface area contributed by atoms with Crippen LogP contribution in [0.25, 0.3) is 11.0 Å². The van der Waals surface area contributed by atoms with E-state index in [9.17, 15) is 27.2 Å². The van der Waals surface area contributed by atoms with E-state index < -0.39 is 29.3 Å². The van der Waals surface area contributed by atoms with E-state index in [0.717, 1.165) is 41.6 Å². The maximum atomic E-state index is 14.5. The second kappa shape index (κ2) is 12.1. The van der Waals surface area contributed by atoms with Crippen molar-refractivity contribution in [1.29, 1.82) is 0 Å². The van der Waals surface area contributed by atoms with Gasteiger partial charge in [0, 0.05) is 42.2 Å². The average Bonchev–Trinajstić information content (AvgIpc) is 3.20. The lowest BCUT2D eigenvalue weighted by Crippen LogP contribution is -2.49. The molecule has 2 aliphatic heterocycles. The van der Waals surface area contributed by atoms with Crippen LogP contribution in [0.5, 0.6) is 5.75 Å². The molecule has 8 nitrogen and oxygen atoms in total. The van der Waals surface area contributed by atoms with Crippen molar-refractivity contribution in [1.82, 2.24) is 19.4 Å². The number of aromatic nitrogens is 2. The number of piperidine rings is 1. The number of alkyl halides is 3. The topological polar surface area (TPSA) is 87.9 Å². The maximum absolute atomic E-state index is 14.5. The highest BCUT2D eigenvalue weighted by atomic mass is 35.5. The zero-order valence-electron chi connectivity index (χ0n) is 23.3. The Morgan fingerprint density at radius 2 is 1.88 bits per heavy atom. The van der Waals surface area contributed by atoms with Gasteiger partial charge in [0.05, 0.1) is 13.1 Å². The van der Waals surface area contributed by atoms with Crippen molar-refractivity contribution in [2.45, 2.75) is 58.0 Å². The summed E-state index contributed by atoms with van der Waals surface area (Å²) in [7, 11) is 0. The number of nitrogens with zero attached hydrogens (tertiary/aromatic N) is 4. The molecular formula is C29H33ClF4N4O4. The zero-order valence-corrected chi connectivity index (χ0v) is 24.1. The number of hydrogen-bond donors (Lipinski definition) is 1. The lowest BCUT2D eigenvalue weighted by molar-refractivity contribution is -0.275. The van der Waals surface area contributed by atoms with Gasteiger partial charge in [-0.25, -0.2) is 9.37 Å². The van der Waals surface area contributed by atoms with Crippen LogP contribution in [-0.2, 0) is 28.1 Å². The van der Waals surface area contributed by atoms with Crippen molar-refractivity contribution in [2.75, 3.05) is 26.2 Å². The fourth-order valence-electron chi connectivity index (χ4n) is 6.20. The van der Waals surface area contributed by atoms with Crippen LogP contribution in [0.4, 0.5) is 17.6 Å². The summed E-state index contributed by atoms with van der Waals surface area (Å²) >= 11 is 0. The van der Waals surface area contributed by atoms with Crippen molar-refractivity contribution >= 4 is 35.3 Å². The molecule has 4 heterocycles. The summed E-state index contributed by atoms with van der Waals surface area (Å²) in [5.74, 6) is -2.74. The molecule has 1 aromatic carbocycles. The normalized spacial score (nSPS) is 17.5. The molecule has 1 amide bonds. The Morgan fingerprint density at radius 3 is 2.52 bits per heavy atom. The molecule has 1 saturated heterocycles. The van der Waals surface area contributed by atoms with Crippen molar-refractivity contribution < 1.29 is 37.0 Å². The van der Waals surface area contributed by atoms with E-state index >= 15 is 0 Å². The predicted octanol–water partition coefficient (Wildman–Crippen LogP) is 5.35. The highest BCUT2D eigenvalue weighted by Gasteiger charge is 2.39. The molecule has 228 valence electrons. The number of amides is 1. The van der Waals surface area contributed by atoms with Crippen LogP contribution < -0.4 is 4.74 Å². The number of rotatable bonds is 7. The van der Waals surface area contributed by atoms with E-state index in [2.05, 4.69) is 28.5 Å². The lowest BCUT2D eigenvalue weighted by atomic mass is 9.79. The molecule has 42 heavy (non-hydrogen) atoms. The van der Waals surface area contributed by atoms with E-state index in [4.69, 9.17) is 5.11 Å². The van der Waals surface area contributed by atoms with Crippen LogP contribution in [0.15, 0.2) is 36.5 Å². The fraction of sp³-hybridized carbons (Fsp3) is 0.483. The summed E-state index contributed by atoms with van der Waals surface area (Å²) in [6.45, 7) is 6.61. The van der Waals surface area contributed by atoms with Gasteiger partial charge < -0.3 is 19.3 Å². The first kappa shape index (κ1) is 31.6. The van der Waals surface area contributed by atoms with Gasteiger partial charge in [-0.15, -0.1) is 25.6 Å². The summed E-state index contributed by atoms with van der Waals surface area (Å²) in [6, 6.07) is 7.16. The summed E-state index contributed by atoms with van der Waals surface area (Å²) in [4.78, 5) is 33.0. The van der Waals surface area contributed by atoms with E-state index in [1.807, 2.05) is 21.6 Å². The van der Waals surface area contributed by atoms with Crippen molar-refractivity contribution in [2.24, 2.45) is 5.92 Å². The highest BCUT2D eigenvalue weighted by Crippen LogP contribution is 2.40. The minimum atomic E-state index is -5.00. The van der Waals surface area contributed by atoms with Gasteiger partial charge in [0.15, 0.2) is 11.6 Å². The number of benzene rings is 1. The highest BCUT2D eigenvalue weighted by molar-refractivity contribution is 5.86. The second-order valence-corrected chi connectivity index (χ2v) is 11.5. The van der Waals surface area contributed by atoms with E-state index in [1.165, 1.54) is 6.07 Å². The third kappa shape index (κ3) is 6.81. The number of pyridine rings is 1. The van der Waals surface area contributed by atoms with Crippen LogP contribution in [0.3, 0.4) is 0 Å². The molecule has 1 fully saturated rings. The number of carbonyl (C=O) groups excluding carboxylic acids is 1. The number of likely N-dealkylation sites (tertiary alicyclic amines) is 1. The predicted molar refractivity (Wildman–Crippen MR) is 149 cm³/mol. The molecule has 13 heteroatoms. The number of fused-ring (bicyclic) bond motifs is 3. The molecule has 0 unspecified atom stereocenters. The Kier molecular flexibility index (Phi) is 9.08. The second-order valence-electron chi connectivity index (χ2n) is 11.5. The Balaban J connectivity index is 0.00000405. The molecule has 0 radical (unpaired) electrons. The summed E-state index contributed by atoms with van der Waals surface area (Å²) < 4.78 is 58.1. The van der Waals surface area contributed by atoms with Crippen molar-refractivity contribution in [3.8, 4) is 5.75 Å². The van der Waals surface area contributed by atoms with Gasteiger partial charge in [0.1, 0.15) is 5.65 Å². The maximum Gasteiger partial charge on any atom is 0.573 e. The average molecular weight is 613 g/mol. The molecule has 5 rings (SSSR count). The molecular weight excluding hydrogens is 580 g/mol. The molecule has 0 atom stereocenters. The van der Waals surface area contributed by atoms with E-state index in [0.29, 0.717) is 37.4 Å². The Labute approximate surface area is 246 Å². The monoisotopic (exact) mass is 612 g/mol.